The van der Waals surface area contributed by atoms with Gasteiger partial charge < -0.3 is 5.11 Å². The molecule has 3 aromatic rings. The quantitative estimate of drug-likeness (QED) is 0.776. The molecule has 0 radical (unpaired) electrons. The molecule has 0 atom stereocenters. The van der Waals surface area contributed by atoms with Gasteiger partial charge in [0.15, 0.2) is 4.96 Å². The van der Waals surface area contributed by atoms with E-state index in [1.54, 1.807) is 0 Å². The Labute approximate surface area is 126 Å². The first-order valence-corrected chi connectivity index (χ1v) is 7.50. The predicted octanol–water partition coefficient (Wildman–Crippen LogP) is 4.06. The van der Waals surface area contributed by atoms with E-state index in [1.165, 1.54) is 11.3 Å². The lowest BCUT2D eigenvalue weighted by atomic mass is 9.93. The van der Waals surface area contributed by atoms with E-state index in [9.17, 15) is 9.90 Å². The number of hydrogen-bond donors (Lipinski definition) is 1. The average molecular weight is 300 g/mol. The van der Waals surface area contributed by atoms with Crippen molar-refractivity contribution in [3.63, 3.8) is 0 Å². The topological polar surface area (TPSA) is 54.6 Å². The zero-order valence-electron chi connectivity index (χ0n) is 12.1. The number of carboxylic acids is 1. The highest BCUT2D eigenvalue weighted by Gasteiger charge is 2.24. The van der Waals surface area contributed by atoms with Gasteiger partial charge >= 0.3 is 5.97 Å². The smallest absolute Gasteiger partial charge is 0.348 e. The molecule has 0 amide bonds. The van der Waals surface area contributed by atoms with Gasteiger partial charge in [0.05, 0.1) is 11.4 Å². The van der Waals surface area contributed by atoms with Crippen molar-refractivity contribution < 1.29 is 9.90 Å². The summed E-state index contributed by atoms with van der Waals surface area (Å²) in [4.78, 5) is 17.1. The summed E-state index contributed by atoms with van der Waals surface area (Å²) in [6, 6.07) is 9.58. The van der Waals surface area contributed by atoms with Crippen LogP contribution in [0.3, 0.4) is 0 Å². The fourth-order valence-corrected chi connectivity index (χ4v) is 3.19. The third-order valence-electron chi connectivity index (χ3n) is 3.33. The van der Waals surface area contributed by atoms with Crippen molar-refractivity contribution in [2.24, 2.45) is 0 Å². The standard InChI is InChI=1S/C16H16N2O2S/c1-16(2,3)11-9-18-12(10-7-5-4-6-8-10)13(14(19)20)21-15(18)17-11/h4-9H,1-3H3,(H,19,20). The zero-order chi connectivity index (χ0) is 15.2. The van der Waals surface area contributed by atoms with Crippen molar-refractivity contribution >= 4 is 22.3 Å². The molecule has 21 heavy (non-hydrogen) atoms. The Bertz CT molecular complexity index is 810. The van der Waals surface area contributed by atoms with Crippen LogP contribution in [0.15, 0.2) is 36.5 Å². The summed E-state index contributed by atoms with van der Waals surface area (Å²) in [7, 11) is 0. The van der Waals surface area contributed by atoms with Crippen molar-refractivity contribution in [1.82, 2.24) is 9.38 Å². The van der Waals surface area contributed by atoms with Gasteiger partial charge in [-0.15, -0.1) is 0 Å². The molecule has 0 spiro atoms. The molecule has 0 bridgehead atoms. The van der Waals surface area contributed by atoms with Gasteiger partial charge in [-0.25, -0.2) is 9.78 Å². The summed E-state index contributed by atoms with van der Waals surface area (Å²) in [5.41, 5.74) is 2.48. The molecule has 3 rings (SSSR count). The molecular weight excluding hydrogens is 284 g/mol. The molecule has 1 aromatic carbocycles. The highest BCUT2D eigenvalue weighted by atomic mass is 32.1. The van der Waals surface area contributed by atoms with Crippen LogP contribution in [0.4, 0.5) is 0 Å². The molecule has 0 unspecified atom stereocenters. The first kappa shape index (κ1) is 13.8. The second kappa shape index (κ2) is 4.70. The van der Waals surface area contributed by atoms with E-state index in [0.717, 1.165) is 16.2 Å². The molecule has 0 saturated heterocycles. The summed E-state index contributed by atoms with van der Waals surface area (Å²) < 4.78 is 1.89. The lowest BCUT2D eigenvalue weighted by molar-refractivity contribution is 0.0702. The number of carbonyl (C=O) groups is 1. The number of thiazole rings is 1. The Kier molecular flexibility index (Phi) is 3.10. The van der Waals surface area contributed by atoms with Gasteiger partial charge in [0.2, 0.25) is 0 Å². The summed E-state index contributed by atoms with van der Waals surface area (Å²) in [5, 5.41) is 9.44. The highest BCUT2D eigenvalue weighted by molar-refractivity contribution is 7.19. The normalized spacial score (nSPS) is 12.0. The van der Waals surface area contributed by atoms with Crippen LogP contribution < -0.4 is 0 Å². The van der Waals surface area contributed by atoms with Crippen LogP contribution in [0, 0.1) is 0 Å². The molecule has 2 heterocycles. The lowest BCUT2D eigenvalue weighted by Crippen LogP contribution is -2.11. The van der Waals surface area contributed by atoms with Crippen molar-refractivity contribution in [3.05, 3.63) is 47.1 Å². The molecular formula is C16H16N2O2S. The molecule has 0 saturated carbocycles. The van der Waals surface area contributed by atoms with E-state index in [4.69, 9.17) is 0 Å². The van der Waals surface area contributed by atoms with E-state index in [-0.39, 0.29) is 5.41 Å². The summed E-state index contributed by atoms with van der Waals surface area (Å²) in [5.74, 6) is -0.915. The number of aromatic nitrogens is 2. The average Bonchev–Trinajstić information content (AvgIpc) is 2.95. The van der Waals surface area contributed by atoms with Gasteiger partial charge in [-0.3, -0.25) is 4.40 Å². The first-order valence-electron chi connectivity index (χ1n) is 6.69. The molecule has 1 N–H and O–H groups in total. The van der Waals surface area contributed by atoms with E-state index in [1.807, 2.05) is 40.9 Å². The SMILES string of the molecule is CC(C)(C)c1cn2c(-c3ccccc3)c(C(=O)O)sc2n1. The number of hydrogen-bond acceptors (Lipinski definition) is 3. The molecule has 5 heteroatoms. The number of rotatable bonds is 2. The maximum Gasteiger partial charge on any atom is 0.348 e. The molecule has 0 aliphatic rings. The largest absolute Gasteiger partial charge is 0.477 e. The van der Waals surface area contributed by atoms with Gasteiger partial charge in [0.1, 0.15) is 4.88 Å². The van der Waals surface area contributed by atoms with Gasteiger partial charge in [-0.05, 0) is 0 Å². The van der Waals surface area contributed by atoms with E-state index >= 15 is 0 Å². The zero-order valence-corrected chi connectivity index (χ0v) is 12.9. The highest BCUT2D eigenvalue weighted by Crippen LogP contribution is 2.34. The maximum atomic E-state index is 11.5. The number of benzene rings is 1. The molecule has 108 valence electrons. The van der Waals surface area contributed by atoms with Crippen molar-refractivity contribution in [2.75, 3.05) is 0 Å². The van der Waals surface area contributed by atoms with Crippen molar-refractivity contribution in [3.8, 4) is 11.3 Å². The van der Waals surface area contributed by atoms with Crippen LogP contribution in [-0.4, -0.2) is 20.5 Å². The molecule has 2 aromatic heterocycles. The summed E-state index contributed by atoms with van der Waals surface area (Å²) in [6.07, 6.45) is 1.95. The monoisotopic (exact) mass is 300 g/mol. The van der Waals surface area contributed by atoms with E-state index in [0.29, 0.717) is 10.6 Å². The van der Waals surface area contributed by atoms with E-state index < -0.39 is 5.97 Å². The molecule has 4 nitrogen and oxygen atoms in total. The van der Waals surface area contributed by atoms with Gasteiger partial charge in [0, 0.05) is 17.2 Å². The second-order valence-corrected chi connectivity index (χ2v) is 6.96. The summed E-state index contributed by atoms with van der Waals surface area (Å²) >= 11 is 1.22. The number of aromatic carboxylic acids is 1. The van der Waals surface area contributed by atoms with Crippen LogP contribution in [0.5, 0.6) is 0 Å². The minimum absolute atomic E-state index is 0.0664. The van der Waals surface area contributed by atoms with Gasteiger partial charge in [0.25, 0.3) is 0 Å². The van der Waals surface area contributed by atoms with Gasteiger partial charge in [-0.1, -0.05) is 62.4 Å². The van der Waals surface area contributed by atoms with Crippen molar-refractivity contribution in [2.45, 2.75) is 26.2 Å². The third kappa shape index (κ3) is 2.34. The van der Waals surface area contributed by atoms with E-state index in [2.05, 4.69) is 25.8 Å². The van der Waals surface area contributed by atoms with Gasteiger partial charge in [-0.2, -0.15) is 0 Å². The van der Waals surface area contributed by atoms with Crippen LogP contribution in [0.2, 0.25) is 0 Å². The first-order chi connectivity index (χ1) is 9.88. The Balaban J connectivity index is 2.30. The Hall–Kier alpha value is -2.14. The van der Waals surface area contributed by atoms with Crippen LogP contribution in [-0.2, 0) is 5.41 Å². The molecule has 0 aliphatic heterocycles. The van der Waals surface area contributed by atoms with Crippen molar-refractivity contribution in [1.29, 1.82) is 0 Å². The minimum atomic E-state index is -0.915. The predicted molar refractivity (Wildman–Crippen MR) is 84.2 cm³/mol. The number of fused-ring (bicyclic) bond motifs is 1. The van der Waals surface area contributed by atoms with Crippen LogP contribution >= 0.6 is 11.3 Å². The number of nitrogens with zero attached hydrogens (tertiary/aromatic N) is 2. The minimum Gasteiger partial charge on any atom is -0.477 e. The Morgan fingerprint density at radius 3 is 2.48 bits per heavy atom. The second-order valence-electron chi connectivity index (χ2n) is 5.98. The van der Waals surface area contributed by atoms with Crippen LogP contribution in [0.25, 0.3) is 16.2 Å². The number of imidazole rings is 1. The lowest BCUT2D eigenvalue weighted by Gasteiger charge is -2.14. The Morgan fingerprint density at radius 1 is 1.24 bits per heavy atom. The fraction of sp³-hybridized carbons (Fsp3) is 0.250. The number of carboxylic acid groups (broad SMARTS) is 1. The van der Waals surface area contributed by atoms with Crippen LogP contribution in [0.1, 0.15) is 36.1 Å². The molecule has 0 aliphatic carbocycles. The third-order valence-corrected chi connectivity index (χ3v) is 4.38. The summed E-state index contributed by atoms with van der Waals surface area (Å²) in [6.45, 7) is 6.29. The maximum absolute atomic E-state index is 11.5. The molecule has 0 fully saturated rings. The fourth-order valence-electron chi connectivity index (χ4n) is 2.22. The Morgan fingerprint density at radius 2 is 1.90 bits per heavy atom.